The number of aromatic nitrogens is 1. The minimum atomic E-state index is 0.601. The first-order valence-electron chi connectivity index (χ1n) is 7.24. The molecule has 0 aliphatic heterocycles. The van der Waals surface area contributed by atoms with E-state index in [1.807, 2.05) is 24.4 Å². The molecule has 2 aromatic rings. The van der Waals surface area contributed by atoms with Crippen LogP contribution < -0.4 is 10.6 Å². The van der Waals surface area contributed by atoms with Crippen molar-refractivity contribution in [3.8, 4) is 0 Å². The van der Waals surface area contributed by atoms with Gasteiger partial charge in [-0.2, -0.15) is 0 Å². The zero-order valence-electron chi connectivity index (χ0n) is 11.8. The summed E-state index contributed by atoms with van der Waals surface area (Å²) in [5, 5.41) is 9.10. The Morgan fingerprint density at radius 3 is 2.95 bits per heavy atom. The minimum Gasteiger partial charge on any atom is -0.357 e. The molecule has 3 rings (SSSR count). The number of benzene rings is 1. The predicted octanol–water partition coefficient (Wildman–Crippen LogP) is 2.45. The third-order valence-electron chi connectivity index (χ3n) is 3.41. The van der Waals surface area contributed by atoms with Crippen molar-refractivity contribution in [3.63, 3.8) is 0 Å². The first-order chi connectivity index (χ1) is 9.86. The first kappa shape index (κ1) is 12.9. The number of aliphatic imine (C=N–C) groups is 1. The molecule has 104 valence electrons. The van der Waals surface area contributed by atoms with Gasteiger partial charge in [-0.05, 0) is 31.2 Å². The van der Waals surface area contributed by atoms with Crippen molar-refractivity contribution < 1.29 is 0 Å². The van der Waals surface area contributed by atoms with E-state index in [9.17, 15) is 0 Å². The van der Waals surface area contributed by atoms with Gasteiger partial charge in [0.25, 0.3) is 0 Å². The van der Waals surface area contributed by atoms with Gasteiger partial charge in [0.2, 0.25) is 0 Å². The standard InChI is InChI=1S/C16H20N4/c1-2-17-16(20-13-7-8-13)19-11-15-14-6-4-3-5-12(14)9-10-18-15/h3-6,9-10,13H,2,7-8,11H2,1H3,(H2,17,19,20). The Hall–Kier alpha value is -2.10. The number of hydrogen-bond acceptors (Lipinski definition) is 2. The first-order valence-corrected chi connectivity index (χ1v) is 7.24. The fourth-order valence-electron chi connectivity index (χ4n) is 2.20. The van der Waals surface area contributed by atoms with E-state index in [2.05, 4.69) is 39.7 Å². The van der Waals surface area contributed by atoms with Crippen LogP contribution in [0.5, 0.6) is 0 Å². The molecule has 1 saturated carbocycles. The summed E-state index contributed by atoms with van der Waals surface area (Å²) in [4.78, 5) is 9.12. The van der Waals surface area contributed by atoms with Crippen molar-refractivity contribution in [2.45, 2.75) is 32.4 Å². The number of fused-ring (bicyclic) bond motifs is 1. The van der Waals surface area contributed by atoms with E-state index in [0.29, 0.717) is 12.6 Å². The van der Waals surface area contributed by atoms with Crippen LogP contribution in [-0.2, 0) is 6.54 Å². The molecule has 0 atom stereocenters. The van der Waals surface area contributed by atoms with Crippen molar-refractivity contribution >= 4 is 16.7 Å². The Balaban J connectivity index is 1.80. The van der Waals surface area contributed by atoms with E-state index >= 15 is 0 Å². The molecule has 0 spiro atoms. The molecule has 20 heavy (non-hydrogen) atoms. The summed E-state index contributed by atoms with van der Waals surface area (Å²) >= 11 is 0. The second-order valence-corrected chi connectivity index (χ2v) is 5.09. The van der Waals surface area contributed by atoms with Gasteiger partial charge in [0.15, 0.2) is 5.96 Å². The molecule has 4 nitrogen and oxygen atoms in total. The Kier molecular flexibility index (Phi) is 3.81. The number of pyridine rings is 1. The summed E-state index contributed by atoms with van der Waals surface area (Å²) in [6, 6.07) is 11.0. The Morgan fingerprint density at radius 1 is 1.30 bits per heavy atom. The van der Waals surface area contributed by atoms with E-state index in [0.717, 1.165) is 18.2 Å². The normalized spacial score (nSPS) is 15.3. The molecule has 0 saturated heterocycles. The van der Waals surface area contributed by atoms with Gasteiger partial charge in [-0.25, -0.2) is 4.99 Å². The summed E-state index contributed by atoms with van der Waals surface area (Å²) in [6.07, 6.45) is 4.35. The van der Waals surface area contributed by atoms with Crippen molar-refractivity contribution in [2.75, 3.05) is 6.54 Å². The molecule has 2 N–H and O–H groups in total. The van der Waals surface area contributed by atoms with E-state index in [1.54, 1.807) is 0 Å². The van der Waals surface area contributed by atoms with Crippen molar-refractivity contribution in [1.29, 1.82) is 0 Å². The van der Waals surface area contributed by atoms with Crippen LogP contribution in [0, 0.1) is 0 Å². The summed E-state index contributed by atoms with van der Waals surface area (Å²) < 4.78 is 0. The highest BCUT2D eigenvalue weighted by molar-refractivity contribution is 5.85. The molecule has 0 bridgehead atoms. The monoisotopic (exact) mass is 268 g/mol. The zero-order valence-corrected chi connectivity index (χ0v) is 11.8. The van der Waals surface area contributed by atoms with Crippen molar-refractivity contribution in [3.05, 3.63) is 42.2 Å². The molecule has 1 aliphatic carbocycles. The third kappa shape index (κ3) is 3.07. The van der Waals surface area contributed by atoms with Gasteiger partial charge in [0.05, 0.1) is 12.2 Å². The summed E-state index contributed by atoms with van der Waals surface area (Å²) in [5.41, 5.74) is 1.02. The molecule has 0 radical (unpaired) electrons. The predicted molar refractivity (Wildman–Crippen MR) is 82.7 cm³/mol. The second kappa shape index (κ2) is 5.90. The van der Waals surface area contributed by atoms with Gasteiger partial charge >= 0.3 is 0 Å². The zero-order chi connectivity index (χ0) is 13.8. The van der Waals surface area contributed by atoms with Crippen LogP contribution in [0.4, 0.5) is 0 Å². The molecule has 1 aromatic carbocycles. The maximum absolute atomic E-state index is 4.65. The number of hydrogen-bond donors (Lipinski definition) is 2. The van der Waals surface area contributed by atoms with E-state index in [1.165, 1.54) is 23.6 Å². The largest absolute Gasteiger partial charge is 0.357 e. The molecule has 1 aromatic heterocycles. The molecule has 0 unspecified atom stereocenters. The highest BCUT2D eigenvalue weighted by Crippen LogP contribution is 2.19. The lowest BCUT2D eigenvalue weighted by Gasteiger charge is -2.10. The minimum absolute atomic E-state index is 0.601. The average Bonchev–Trinajstić information content (AvgIpc) is 3.29. The van der Waals surface area contributed by atoms with Gasteiger partial charge < -0.3 is 10.6 Å². The quantitative estimate of drug-likeness (QED) is 0.661. The van der Waals surface area contributed by atoms with Gasteiger partial charge in [-0.3, -0.25) is 4.98 Å². The Morgan fingerprint density at radius 2 is 2.15 bits per heavy atom. The van der Waals surface area contributed by atoms with Crippen LogP contribution in [-0.4, -0.2) is 23.5 Å². The van der Waals surface area contributed by atoms with E-state index in [-0.39, 0.29) is 0 Å². The number of nitrogens with zero attached hydrogens (tertiary/aromatic N) is 2. The molecular weight excluding hydrogens is 248 g/mol. The van der Waals surface area contributed by atoms with Gasteiger partial charge in [0.1, 0.15) is 0 Å². The van der Waals surface area contributed by atoms with E-state index in [4.69, 9.17) is 0 Å². The maximum Gasteiger partial charge on any atom is 0.191 e. The van der Waals surface area contributed by atoms with Gasteiger partial charge in [-0.1, -0.05) is 24.3 Å². The fourth-order valence-corrected chi connectivity index (χ4v) is 2.20. The Bertz CT molecular complexity index is 611. The molecule has 1 fully saturated rings. The van der Waals surface area contributed by atoms with Crippen LogP contribution in [0.3, 0.4) is 0 Å². The van der Waals surface area contributed by atoms with Gasteiger partial charge in [0, 0.05) is 24.2 Å². The summed E-state index contributed by atoms with van der Waals surface area (Å²) in [5.74, 6) is 0.893. The molecular formula is C16H20N4. The SMILES string of the molecule is CCNC(=NCc1nccc2ccccc12)NC1CC1. The van der Waals surface area contributed by atoms with Crippen LogP contribution in [0.25, 0.3) is 10.8 Å². The molecule has 0 amide bonds. The topological polar surface area (TPSA) is 49.3 Å². The van der Waals surface area contributed by atoms with Crippen LogP contribution in [0.2, 0.25) is 0 Å². The molecule has 1 aliphatic rings. The van der Waals surface area contributed by atoms with Gasteiger partial charge in [-0.15, -0.1) is 0 Å². The van der Waals surface area contributed by atoms with Crippen molar-refractivity contribution in [2.24, 2.45) is 4.99 Å². The summed E-state index contributed by atoms with van der Waals surface area (Å²) in [7, 11) is 0. The smallest absolute Gasteiger partial charge is 0.191 e. The lowest BCUT2D eigenvalue weighted by atomic mass is 10.1. The van der Waals surface area contributed by atoms with Crippen LogP contribution in [0.15, 0.2) is 41.5 Å². The van der Waals surface area contributed by atoms with Crippen LogP contribution in [0.1, 0.15) is 25.5 Å². The number of guanidine groups is 1. The number of nitrogens with one attached hydrogen (secondary N) is 2. The highest BCUT2D eigenvalue weighted by atomic mass is 15.2. The molecule has 1 heterocycles. The number of rotatable bonds is 4. The fraction of sp³-hybridized carbons (Fsp3) is 0.375. The maximum atomic E-state index is 4.65. The van der Waals surface area contributed by atoms with E-state index < -0.39 is 0 Å². The lowest BCUT2D eigenvalue weighted by molar-refractivity contribution is 0.809. The second-order valence-electron chi connectivity index (χ2n) is 5.09. The molecule has 4 heteroatoms. The van der Waals surface area contributed by atoms with Crippen molar-refractivity contribution in [1.82, 2.24) is 15.6 Å². The van der Waals surface area contributed by atoms with Crippen LogP contribution >= 0.6 is 0 Å². The highest BCUT2D eigenvalue weighted by Gasteiger charge is 2.22. The average molecular weight is 268 g/mol. The summed E-state index contributed by atoms with van der Waals surface area (Å²) in [6.45, 7) is 3.56. The lowest BCUT2D eigenvalue weighted by Crippen LogP contribution is -2.38. The Labute approximate surface area is 119 Å². The third-order valence-corrected chi connectivity index (χ3v) is 3.41.